The van der Waals surface area contributed by atoms with Crippen LogP contribution in [0.2, 0.25) is 0 Å². The number of carbonyl (C=O) groups is 1. The molecule has 1 saturated carbocycles. The van der Waals surface area contributed by atoms with Crippen molar-refractivity contribution in [1.82, 2.24) is 19.6 Å². The van der Waals surface area contributed by atoms with Gasteiger partial charge in [0, 0.05) is 44.8 Å². The van der Waals surface area contributed by atoms with Crippen molar-refractivity contribution in [2.45, 2.75) is 83.2 Å². The highest BCUT2D eigenvalue weighted by Crippen LogP contribution is 2.31. The maximum atomic E-state index is 12.9. The van der Waals surface area contributed by atoms with E-state index in [1.165, 1.54) is 90.4 Å². The molecule has 0 aromatic carbocycles. The highest BCUT2D eigenvalue weighted by atomic mass is 16.2. The van der Waals surface area contributed by atoms with Crippen LogP contribution in [0.5, 0.6) is 0 Å². The first-order valence-electron chi connectivity index (χ1n) is 12.7. The van der Waals surface area contributed by atoms with Gasteiger partial charge in [0.2, 0.25) is 5.91 Å². The van der Waals surface area contributed by atoms with E-state index in [1.807, 2.05) is 0 Å². The molecule has 1 aliphatic carbocycles. The van der Waals surface area contributed by atoms with Crippen molar-refractivity contribution in [3.63, 3.8) is 0 Å². The van der Waals surface area contributed by atoms with E-state index in [0.29, 0.717) is 12.5 Å². The molecular formula is C24H44N4O. The minimum absolute atomic E-state index is 0.379. The Bertz CT molecular complexity index is 501. The topological polar surface area (TPSA) is 30.0 Å². The maximum absolute atomic E-state index is 12.9. The van der Waals surface area contributed by atoms with Gasteiger partial charge < -0.3 is 14.7 Å². The Balaban J connectivity index is 1.16. The fraction of sp³-hybridized carbons (Fsp3) is 0.958. The molecule has 0 atom stereocenters. The average molecular weight is 405 g/mol. The molecule has 0 N–H and O–H groups in total. The van der Waals surface area contributed by atoms with Gasteiger partial charge in [-0.25, -0.2) is 0 Å². The Kier molecular flexibility index (Phi) is 7.88. The fourth-order valence-corrected chi connectivity index (χ4v) is 5.84. The lowest BCUT2D eigenvalue weighted by atomic mass is 9.99. The lowest BCUT2D eigenvalue weighted by molar-refractivity contribution is -0.134. The third-order valence-corrected chi connectivity index (χ3v) is 7.86. The molecule has 5 heteroatoms. The molecule has 0 bridgehead atoms. The van der Waals surface area contributed by atoms with Crippen molar-refractivity contribution in [2.24, 2.45) is 5.92 Å². The molecule has 29 heavy (non-hydrogen) atoms. The van der Waals surface area contributed by atoms with E-state index in [-0.39, 0.29) is 0 Å². The lowest BCUT2D eigenvalue weighted by Gasteiger charge is -2.41. The van der Waals surface area contributed by atoms with Crippen LogP contribution in [0, 0.1) is 5.92 Å². The van der Waals surface area contributed by atoms with Gasteiger partial charge in [-0.15, -0.1) is 0 Å². The van der Waals surface area contributed by atoms with Gasteiger partial charge >= 0.3 is 0 Å². The first-order chi connectivity index (χ1) is 14.2. The SMILES string of the molecule is CCCN(CC1CC1)C1CCN(CC(=O)N2CCC(N3CCCCC3)CC2)CC1. The van der Waals surface area contributed by atoms with Crippen molar-refractivity contribution in [3.05, 3.63) is 0 Å². The van der Waals surface area contributed by atoms with Gasteiger partial charge in [-0.1, -0.05) is 13.3 Å². The van der Waals surface area contributed by atoms with E-state index in [1.54, 1.807) is 0 Å². The predicted molar refractivity (Wildman–Crippen MR) is 119 cm³/mol. The Morgan fingerprint density at radius 1 is 0.862 bits per heavy atom. The normalized spacial score (nSPS) is 26.3. The van der Waals surface area contributed by atoms with Gasteiger partial charge in [0.25, 0.3) is 0 Å². The van der Waals surface area contributed by atoms with E-state index in [4.69, 9.17) is 0 Å². The van der Waals surface area contributed by atoms with E-state index in [2.05, 4.69) is 26.5 Å². The van der Waals surface area contributed by atoms with E-state index < -0.39 is 0 Å². The van der Waals surface area contributed by atoms with Crippen LogP contribution in [-0.2, 0) is 4.79 Å². The molecule has 0 aromatic heterocycles. The molecule has 0 aromatic rings. The van der Waals surface area contributed by atoms with Crippen LogP contribution in [0.4, 0.5) is 0 Å². The largest absolute Gasteiger partial charge is 0.341 e. The molecule has 166 valence electrons. The van der Waals surface area contributed by atoms with Crippen molar-refractivity contribution >= 4 is 5.91 Å². The van der Waals surface area contributed by atoms with Crippen LogP contribution in [-0.4, -0.2) is 96.5 Å². The zero-order valence-corrected chi connectivity index (χ0v) is 18.9. The number of piperidine rings is 3. The van der Waals surface area contributed by atoms with E-state index >= 15 is 0 Å². The van der Waals surface area contributed by atoms with E-state index in [0.717, 1.165) is 44.2 Å². The average Bonchev–Trinajstić information content (AvgIpc) is 3.59. The third-order valence-electron chi connectivity index (χ3n) is 7.86. The first kappa shape index (κ1) is 21.6. The number of rotatable bonds is 8. The van der Waals surface area contributed by atoms with Crippen LogP contribution in [0.1, 0.15) is 71.1 Å². The molecule has 4 fully saturated rings. The number of carbonyl (C=O) groups excluding carboxylic acids is 1. The van der Waals surface area contributed by atoms with Crippen molar-refractivity contribution in [2.75, 3.05) is 58.9 Å². The summed E-state index contributed by atoms with van der Waals surface area (Å²) in [4.78, 5) is 22.9. The Morgan fingerprint density at radius 3 is 2.17 bits per heavy atom. The molecule has 5 nitrogen and oxygen atoms in total. The molecule has 4 aliphatic rings. The number of hydrogen-bond donors (Lipinski definition) is 0. The maximum Gasteiger partial charge on any atom is 0.236 e. The van der Waals surface area contributed by atoms with Crippen LogP contribution in [0.25, 0.3) is 0 Å². The molecular weight excluding hydrogens is 360 g/mol. The molecule has 3 saturated heterocycles. The number of nitrogens with zero attached hydrogens (tertiary/aromatic N) is 4. The summed E-state index contributed by atoms with van der Waals surface area (Å²) in [7, 11) is 0. The Labute approximate surface area is 178 Å². The zero-order chi connectivity index (χ0) is 20.1. The summed E-state index contributed by atoms with van der Waals surface area (Å²) in [6.45, 7) is 12.3. The summed E-state index contributed by atoms with van der Waals surface area (Å²) in [5.41, 5.74) is 0. The molecule has 1 amide bonds. The van der Waals surface area contributed by atoms with Crippen LogP contribution in [0.15, 0.2) is 0 Å². The standard InChI is InChI=1S/C24H44N4O/c1-2-12-28(19-21-6-7-21)23-8-15-25(16-9-23)20-24(29)27-17-10-22(11-18-27)26-13-4-3-5-14-26/h21-23H,2-20H2,1H3. The van der Waals surface area contributed by atoms with Crippen molar-refractivity contribution in [1.29, 1.82) is 0 Å². The molecule has 3 aliphatic heterocycles. The fourth-order valence-electron chi connectivity index (χ4n) is 5.84. The summed E-state index contributed by atoms with van der Waals surface area (Å²) < 4.78 is 0. The molecule has 3 heterocycles. The summed E-state index contributed by atoms with van der Waals surface area (Å²) in [6, 6.07) is 1.48. The van der Waals surface area contributed by atoms with E-state index in [9.17, 15) is 4.79 Å². The number of amides is 1. The quantitative estimate of drug-likeness (QED) is 0.622. The van der Waals surface area contributed by atoms with Crippen LogP contribution < -0.4 is 0 Å². The van der Waals surface area contributed by atoms with Crippen LogP contribution in [0.3, 0.4) is 0 Å². The summed E-state index contributed by atoms with van der Waals surface area (Å²) >= 11 is 0. The zero-order valence-electron chi connectivity index (χ0n) is 18.9. The smallest absolute Gasteiger partial charge is 0.236 e. The van der Waals surface area contributed by atoms with Gasteiger partial charge in [0.1, 0.15) is 0 Å². The van der Waals surface area contributed by atoms with Crippen molar-refractivity contribution in [3.8, 4) is 0 Å². The Hall–Kier alpha value is -0.650. The molecule has 0 unspecified atom stereocenters. The van der Waals surface area contributed by atoms with Gasteiger partial charge in [0.05, 0.1) is 6.54 Å². The predicted octanol–water partition coefficient (Wildman–Crippen LogP) is 3.05. The molecule has 0 radical (unpaired) electrons. The van der Waals surface area contributed by atoms with Crippen LogP contribution >= 0.6 is 0 Å². The number of hydrogen-bond acceptors (Lipinski definition) is 4. The second kappa shape index (κ2) is 10.6. The summed E-state index contributed by atoms with van der Waals surface area (Å²) in [6.07, 6.45) is 13.1. The Morgan fingerprint density at radius 2 is 1.55 bits per heavy atom. The second-order valence-corrected chi connectivity index (χ2v) is 10.2. The molecule has 0 spiro atoms. The highest BCUT2D eigenvalue weighted by Gasteiger charge is 2.32. The van der Waals surface area contributed by atoms with Gasteiger partial charge in [-0.2, -0.15) is 0 Å². The van der Waals surface area contributed by atoms with Gasteiger partial charge in [-0.3, -0.25) is 9.69 Å². The minimum Gasteiger partial charge on any atom is -0.341 e. The van der Waals surface area contributed by atoms with Gasteiger partial charge in [0.15, 0.2) is 0 Å². The first-order valence-corrected chi connectivity index (χ1v) is 12.7. The second-order valence-electron chi connectivity index (χ2n) is 10.2. The minimum atomic E-state index is 0.379. The summed E-state index contributed by atoms with van der Waals surface area (Å²) in [5.74, 6) is 1.36. The third kappa shape index (κ3) is 6.18. The molecule has 4 rings (SSSR count). The monoisotopic (exact) mass is 404 g/mol. The number of likely N-dealkylation sites (tertiary alicyclic amines) is 3. The summed E-state index contributed by atoms with van der Waals surface area (Å²) in [5, 5.41) is 0. The highest BCUT2D eigenvalue weighted by molar-refractivity contribution is 5.78. The lowest BCUT2D eigenvalue weighted by Crippen LogP contribution is -2.51. The van der Waals surface area contributed by atoms with Crippen molar-refractivity contribution < 1.29 is 4.79 Å². The van der Waals surface area contributed by atoms with Gasteiger partial charge in [-0.05, 0) is 83.3 Å².